The number of benzene rings is 1. The van der Waals surface area contributed by atoms with Gasteiger partial charge in [0.1, 0.15) is 11.6 Å². The Labute approximate surface area is 97.9 Å². The van der Waals surface area contributed by atoms with E-state index in [4.69, 9.17) is 4.74 Å². The molecule has 2 rings (SSSR count). The van der Waals surface area contributed by atoms with Crippen molar-refractivity contribution in [3.8, 4) is 11.6 Å². The summed E-state index contributed by atoms with van der Waals surface area (Å²) in [6.45, 7) is 1.46. The van der Waals surface area contributed by atoms with Crippen LogP contribution in [-0.4, -0.2) is 10.8 Å². The predicted octanol–water partition coefficient (Wildman–Crippen LogP) is 3.22. The van der Waals surface area contributed by atoms with E-state index in [1.807, 2.05) is 0 Å². The number of carbonyl (C=O) groups excluding carboxylic acids is 1. The summed E-state index contributed by atoms with van der Waals surface area (Å²) < 4.78 is 18.3. The van der Waals surface area contributed by atoms with Crippen LogP contribution in [-0.2, 0) is 0 Å². The minimum absolute atomic E-state index is 0.0727. The quantitative estimate of drug-likeness (QED) is 0.761. The molecule has 0 saturated carbocycles. The second-order valence-electron chi connectivity index (χ2n) is 3.50. The highest BCUT2D eigenvalue weighted by atomic mass is 19.1. The lowest BCUT2D eigenvalue weighted by molar-refractivity contribution is 0.101. The summed E-state index contributed by atoms with van der Waals surface area (Å²) in [6, 6.07) is 8.85. The average molecular weight is 231 g/mol. The molecule has 0 fully saturated rings. The van der Waals surface area contributed by atoms with E-state index in [0.29, 0.717) is 11.3 Å². The number of carbonyl (C=O) groups is 1. The van der Waals surface area contributed by atoms with Crippen LogP contribution in [0, 0.1) is 5.82 Å². The molecule has 0 radical (unpaired) electrons. The number of hydrogen-bond acceptors (Lipinski definition) is 3. The molecule has 4 heteroatoms. The third-order valence-corrected chi connectivity index (χ3v) is 2.16. The van der Waals surface area contributed by atoms with Crippen LogP contribution in [0.1, 0.15) is 17.3 Å². The van der Waals surface area contributed by atoms with Crippen molar-refractivity contribution in [2.75, 3.05) is 0 Å². The first kappa shape index (κ1) is 11.3. The molecule has 3 nitrogen and oxygen atoms in total. The third-order valence-electron chi connectivity index (χ3n) is 2.16. The number of halogens is 1. The molecule has 0 saturated heterocycles. The van der Waals surface area contributed by atoms with Gasteiger partial charge in [-0.2, -0.15) is 0 Å². The second-order valence-corrected chi connectivity index (χ2v) is 3.50. The number of rotatable bonds is 3. The van der Waals surface area contributed by atoms with Crippen molar-refractivity contribution in [2.45, 2.75) is 6.92 Å². The van der Waals surface area contributed by atoms with Gasteiger partial charge in [0.15, 0.2) is 5.78 Å². The second kappa shape index (κ2) is 4.74. The minimum atomic E-state index is -0.384. The molecule has 0 unspecified atom stereocenters. The van der Waals surface area contributed by atoms with E-state index in [-0.39, 0.29) is 17.5 Å². The smallest absolute Gasteiger partial charge is 0.219 e. The molecule has 2 aromatic rings. The van der Waals surface area contributed by atoms with Crippen molar-refractivity contribution in [1.82, 2.24) is 4.98 Å². The zero-order valence-electron chi connectivity index (χ0n) is 9.18. The Bertz CT molecular complexity index is 555. The van der Waals surface area contributed by atoms with Gasteiger partial charge >= 0.3 is 0 Å². The Hall–Kier alpha value is -2.23. The fourth-order valence-electron chi connectivity index (χ4n) is 1.34. The lowest BCUT2D eigenvalue weighted by Gasteiger charge is -2.05. The van der Waals surface area contributed by atoms with Crippen molar-refractivity contribution >= 4 is 5.78 Å². The number of ketones is 1. The normalized spacial score (nSPS) is 10.0. The van der Waals surface area contributed by atoms with Gasteiger partial charge in [0, 0.05) is 23.9 Å². The first-order valence-electron chi connectivity index (χ1n) is 5.05. The average Bonchev–Trinajstić information content (AvgIpc) is 2.29. The molecule has 1 heterocycles. The molecular weight excluding hydrogens is 221 g/mol. The first-order chi connectivity index (χ1) is 8.15. The van der Waals surface area contributed by atoms with Crippen molar-refractivity contribution in [3.05, 3.63) is 54.0 Å². The van der Waals surface area contributed by atoms with Gasteiger partial charge in [-0.1, -0.05) is 6.07 Å². The summed E-state index contributed by atoms with van der Waals surface area (Å²) >= 11 is 0. The van der Waals surface area contributed by atoms with E-state index in [2.05, 4.69) is 4.98 Å². The lowest BCUT2D eigenvalue weighted by atomic mass is 10.2. The Morgan fingerprint density at radius 2 is 2.12 bits per heavy atom. The predicted molar refractivity (Wildman–Crippen MR) is 60.7 cm³/mol. The number of Topliss-reactive ketones (excluding diaryl/α,β-unsaturated/α-hetero) is 1. The molecule has 0 aliphatic heterocycles. The number of pyridine rings is 1. The van der Waals surface area contributed by atoms with Crippen LogP contribution in [0.4, 0.5) is 4.39 Å². The van der Waals surface area contributed by atoms with E-state index in [1.54, 1.807) is 18.2 Å². The van der Waals surface area contributed by atoms with Gasteiger partial charge in [-0.15, -0.1) is 0 Å². The molecule has 0 atom stereocenters. The molecule has 1 aromatic heterocycles. The Kier molecular flexibility index (Phi) is 3.14. The fourth-order valence-corrected chi connectivity index (χ4v) is 1.34. The summed E-state index contributed by atoms with van der Waals surface area (Å²) in [5.74, 6) is 0.156. The molecule has 17 heavy (non-hydrogen) atoms. The molecular formula is C13H10FNO2. The van der Waals surface area contributed by atoms with Gasteiger partial charge in [0.2, 0.25) is 5.88 Å². The SMILES string of the molecule is CC(=O)c1ccnc(Oc2cccc(F)c2)c1. The molecule has 86 valence electrons. The molecule has 1 aromatic carbocycles. The van der Waals surface area contributed by atoms with Gasteiger partial charge in [0.25, 0.3) is 0 Å². The van der Waals surface area contributed by atoms with Crippen LogP contribution in [0.5, 0.6) is 11.6 Å². The van der Waals surface area contributed by atoms with Crippen LogP contribution in [0.15, 0.2) is 42.6 Å². The van der Waals surface area contributed by atoms with Crippen molar-refractivity contribution < 1.29 is 13.9 Å². The van der Waals surface area contributed by atoms with E-state index in [1.165, 1.54) is 31.3 Å². The number of nitrogens with zero attached hydrogens (tertiary/aromatic N) is 1. The molecule has 0 N–H and O–H groups in total. The zero-order valence-corrected chi connectivity index (χ0v) is 9.18. The van der Waals surface area contributed by atoms with E-state index >= 15 is 0 Å². The molecule has 0 amide bonds. The van der Waals surface area contributed by atoms with Gasteiger partial charge in [0.05, 0.1) is 0 Å². The fraction of sp³-hybridized carbons (Fsp3) is 0.0769. The molecule has 0 aliphatic carbocycles. The maximum absolute atomic E-state index is 12.9. The van der Waals surface area contributed by atoms with Crippen molar-refractivity contribution in [2.24, 2.45) is 0 Å². The maximum Gasteiger partial charge on any atom is 0.219 e. The lowest BCUT2D eigenvalue weighted by Crippen LogP contribution is -1.94. The minimum Gasteiger partial charge on any atom is -0.439 e. The highest BCUT2D eigenvalue weighted by Crippen LogP contribution is 2.20. The summed E-state index contributed by atoms with van der Waals surface area (Å²) in [7, 11) is 0. The number of aromatic nitrogens is 1. The zero-order chi connectivity index (χ0) is 12.3. The summed E-state index contributed by atoms with van der Waals surface area (Å²) in [5.41, 5.74) is 0.506. The molecule has 0 aliphatic rings. The molecule has 0 spiro atoms. The van der Waals surface area contributed by atoms with Crippen LogP contribution in [0.25, 0.3) is 0 Å². The Morgan fingerprint density at radius 3 is 2.82 bits per heavy atom. The van der Waals surface area contributed by atoms with E-state index < -0.39 is 0 Å². The van der Waals surface area contributed by atoms with Gasteiger partial charge in [-0.3, -0.25) is 4.79 Å². The van der Waals surface area contributed by atoms with Gasteiger partial charge in [-0.05, 0) is 25.1 Å². The van der Waals surface area contributed by atoms with E-state index in [0.717, 1.165) is 0 Å². The van der Waals surface area contributed by atoms with Gasteiger partial charge < -0.3 is 4.74 Å². The van der Waals surface area contributed by atoms with Crippen molar-refractivity contribution in [1.29, 1.82) is 0 Å². The van der Waals surface area contributed by atoms with E-state index in [9.17, 15) is 9.18 Å². The highest BCUT2D eigenvalue weighted by molar-refractivity contribution is 5.94. The van der Waals surface area contributed by atoms with Crippen molar-refractivity contribution in [3.63, 3.8) is 0 Å². The highest BCUT2D eigenvalue weighted by Gasteiger charge is 2.04. The summed E-state index contributed by atoms with van der Waals surface area (Å²) in [4.78, 5) is 15.1. The Balaban J connectivity index is 2.24. The third kappa shape index (κ3) is 2.87. The first-order valence-corrected chi connectivity index (χ1v) is 5.05. The number of hydrogen-bond donors (Lipinski definition) is 0. The summed E-state index contributed by atoms with van der Waals surface area (Å²) in [5, 5.41) is 0. The van der Waals surface area contributed by atoms with Crippen LogP contribution in [0.2, 0.25) is 0 Å². The maximum atomic E-state index is 12.9. The standard InChI is InChI=1S/C13H10FNO2/c1-9(16)10-5-6-15-13(7-10)17-12-4-2-3-11(14)8-12/h2-8H,1H3. The molecule has 0 bridgehead atoms. The summed E-state index contributed by atoms with van der Waals surface area (Å²) in [6.07, 6.45) is 1.48. The monoisotopic (exact) mass is 231 g/mol. The Morgan fingerprint density at radius 1 is 1.29 bits per heavy atom. The van der Waals surface area contributed by atoms with Gasteiger partial charge in [-0.25, -0.2) is 9.37 Å². The number of ether oxygens (including phenoxy) is 1. The largest absolute Gasteiger partial charge is 0.439 e. The van der Waals surface area contributed by atoms with Crippen LogP contribution >= 0.6 is 0 Å². The van der Waals surface area contributed by atoms with Crippen LogP contribution in [0.3, 0.4) is 0 Å². The topological polar surface area (TPSA) is 39.2 Å². The van der Waals surface area contributed by atoms with Crippen LogP contribution < -0.4 is 4.74 Å².